The summed E-state index contributed by atoms with van der Waals surface area (Å²) in [6.07, 6.45) is 7.89. The highest BCUT2D eigenvalue weighted by atomic mass is 16.2. The molecule has 11 nitrogen and oxygen atoms in total. The molecule has 212 valence electrons. The van der Waals surface area contributed by atoms with E-state index in [0.717, 1.165) is 11.1 Å². The number of likely N-dealkylation sites (N-methyl/N-ethyl adjacent to an activating group) is 1. The number of hydrogen-bond acceptors (Lipinski definition) is 8. The standard InChI is InChI=1S/C30H35N9O2/c1-21(22-10-6-5-7-11-22)38-20-23-18-33-29(35-25(17-31)19-32-2)36-28(23)39(30(38)41)26-13-8-12-24(16-26)34-27(40)14-9-15-37(3)4/h5-14,16-19,21H,15,20,31H2,1-4H3,(H,34,40)(H,33,35,36)/b14-9+,25-17+,32-19?/t21-/m0/s1. The lowest BCUT2D eigenvalue weighted by atomic mass is 10.0. The summed E-state index contributed by atoms with van der Waals surface area (Å²) in [5.41, 5.74) is 9.08. The molecule has 0 saturated carbocycles. The van der Waals surface area contributed by atoms with Crippen LogP contribution in [-0.2, 0) is 11.3 Å². The first-order valence-corrected chi connectivity index (χ1v) is 13.2. The number of aliphatic imine (C=N–C) groups is 1. The minimum Gasteiger partial charge on any atom is -0.403 e. The normalized spacial score (nSPS) is 14.6. The van der Waals surface area contributed by atoms with Gasteiger partial charge < -0.3 is 26.2 Å². The molecule has 1 aromatic heterocycles. The summed E-state index contributed by atoms with van der Waals surface area (Å²) in [7, 11) is 5.48. The Kier molecular flexibility index (Phi) is 9.43. The molecule has 11 heteroatoms. The van der Waals surface area contributed by atoms with Crippen LogP contribution in [0.3, 0.4) is 0 Å². The van der Waals surface area contributed by atoms with Crippen molar-refractivity contribution in [1.29, 1.82) is 0 Å². The van der Waals surface area contributed by atoms with E-state index in [1.807, 2.05) is 56.3 Å². The molecule has 0 aliphatic carbocycles. The first-order valence-electron chi connectivity index (χ1n) is 13.2. The maximum atomic E-state index is 14.1. The monoisotopic (exact) mass is 553 g/mol. The van der Waals surface area contributed by atoms with Gasteiger partial charge in [-0.2, -0.15) is 4.98 Å². The van der Waals surface area contributed by atoms with Crippen LogP contribution in [0.15, 0.2) is 89.8 Å². The van der Waals surface area contributed by atoms with Crippen LogP contribution in [0.5, 0.6) is 0 Å². The molecule has 41 heavy (non-hydrogen) atoms. The van der Waals surface area contributed by atoms with Crippen molar-refractivity contribution in [1.82, 2.24) is 19.8 Å². The molecule has 4 N–H and O–H groups in total. The van der Waals surface area contributed by atoms with Gasteiger partial charge in [0.15, 0.2) is 5.82 Å². The lowest BCUT2D eigenvalue weighted by molar-refractivity contribution is -0.111. The Bertz CT molecular complexity index is 1470. The van der Waals surface area contributed by atoms with Gasteiger partial charge in [0, 0.05) is 49.5 Å². The number of hydrogen-bond donors (Lipinski definition) is 3. The third kappa shape index (κ3) is 7.14. The van der Waals surface area contributed by atoms with Gasteiger partial charge in [0.05, 0.1) is 24.0 Å². The molecule has 2 heterocycles. The first-order chi connectivity index (χ1) is 19.8. The number of rotatable bonds is 10. The second-order valence-electron chi connectivity index (χ2n) is 9.71. The number of amides is 3. The molecular formula is C30H35N9O2. The summed E-state index contributed by atoms with van der Waals surface area (Å²) in [5, 5.41) is 5.91. The molecule has 2 aromatic carbocycles. The molecule has 1 atom stereocenters. The molecule has 0 spiro atoms. The smallest absolute Gasteiger partial charge is 0.331 e. The van der Waals surface area contributed by atoms with Crippen LogP contribution in [0.25, 0.3) is 0 Å². The Balaban J connectivity index is 1.72. The van der Waals surface area contributed by atoms with Crippen LogP contribution in [0.4, 0.5) is 27.9 Å². The van der Waals surface area contributed by atoms with E-state index in [2.05, 4.69) is 20.6 Å². The number of nitrogens with two attached hydrogens (primary N) is 1. The molecule has 3 aromatic rings. The summed E-state index contributed by atoms with van der Waals surface area (Å²) in [6, 6.07) is 16.5. The lowest BCUT2D eigenvalue weighted by Crippen LogP contribution is -2.46. The fourth-order valence-electron chi connectivity index (χ4n) is 4.34. The number of nitrogens with one attached hydrogen (secondary N) is 2. The van der Waals surface area contributed by atoms with Crippen molar-refractivity contribution < 1.29 is 9.59 Å². The van der Waals surface area contributed by atoms with E-state index in [4.69, 9.17) is 10.7 Å². The van der Waals surface area contributed by atoms with E-state index in [0.29, 0.717) is 36.0 Å². The van der Waals surface area contributed by atoms with Crippen molar-refractivity contribution in [3.63, 3.8) is 0 Å². The van der Waals surface area contributed by atoms with Crippen molar-refractivity contribution in [3.05, 3.63) is 96.0 Å². The van der Waals surface area contributed by atoms with Crippen molar-refractivity contribution in [3.8, 4) is 0 Å². The molecule has 0 unspecified atom stereocenters. The largest absolute Gasteiger partial charge is 0.403 e. The SMILES string of the molecule is CN=C/C(=C\N)Nc1ncc2c(n1)N(c1cccc(NC(=O)/C=C/CN(C)C)c1)C(=O)N([C@@H](C)c1ccccc1)C2. The number of aromatic nitrogens is 2. The van der Waals surface area contributed by atoms with Crippen molar-refractivity contribution >= 4 is 41.3 Å². The van der Waals surface area contributed by atoms with Crippen LogP contribution in [-0.4, -0.2) is 65.6 Å². The number of fused-ring (bicyclic) bond motifs is 1. The van der Waals surface area contributed by atoms with E-state index < -0.39 is 0 Å². The van der Waals surface area contributed by atoms with Gasteiger partial charge in [-0.25, -0.2) is 14.7 Å². The minimum absolute atomic E-state index is 0.214. The number of anilines is 4. The maximum Gasteiger partial charge on any atom is 0.331 e. The minimum atomic E-state index is -0.263. The molecule has 0 saturated heterocycles. The molecule has 4 rings (SSSR count). The number of benzene rings is 2. The van der Waals surface area contributed by atoms with E-state index >= 15 is 0 Å². The van der Waals surface area contributed by atoms with Gasteiger partial charge in [0.1, 0.15) is 0 Å². The Hall–Kier alpha value is -5.03. The van der Waals surface area contributed by atoms with Gasteiger partial charge in [0.2, 0.25) is 11.9 Å². The van der Waals surface area contributed by atoms with Gasteiger partial charge in [-0.15, -0.1) is 0 Å². The second kappa shape index (κ2) is 13.4. The summed E-state index contributed by atoms with van der Waals surface area (Å²) < 4.78 is 0. The van der Waals surface area contributed by atoms with Crippen LogP contribution < -0.4 is 21.3 Å². The first kappa shape index (κ1) is 29.0. The van der Waals surface area contributed by atoms with Gasteiger partial charge in [-0.05, 0) is 44.8 Å². The second-order valence-corrected chi connectivity index (χ2v) is 9.71. The number of urea groups is 1. The third-order valence-corrected chi connectivity index (χ3v) is 6.40. The molecule has 0 radical (unpaired) electrons. The van der Waals surface area contributed by atoms with Crippen LogP contribution >= 0.6 is 0 Å². The van der Waals surface area contributed by atoms with Gasteiger partial charge in [-0.1, -0.05) is 42.5 Å². The van der Waals surface area contributed by atoms with E-state index in [9.17, 15) is 9.59 Å². The summed E-state index contributed by atoms with van der Waals surface area (Å²) in [5.74, 6) is 0.433. The molecule has 1 aliphatic heterocycles. The number of carbonyl (C=O) groups excluding carboxylic acids is 2. The predicted molar refractivity (Wildman–Crippen MR) is 163 cm³/mol. The van der Waals surface area contributed by atoms with E-state index in [-0.39, 0.29) is 23.9 Å². The van der Waals surface area contributed by atoms with Crippen molar-refractivity contribution in [2.24, 2.45) is 10.7 Å². The zero-order chi connectivity index (χ0) is 29.4. The Morgan fingerprint density at radius 2 is 1.95 bits per heavy atom. The van der Waals surface area contributed by atoms with Gasteiger partial charge in [0.25, 0.3) is 0 Å². The Morgan fingerprint density at radius 1 is 1.17 bits per heavy atom. The van der Waals surface area contributed by atoms with E-state index in [1.54, 1.807) is 59.6 Å². The van der Waals surface area contributed by atoms with E-state index in [1.165, 1.54) is 12.3 Å². The zero-order valence-corrected chi connectivity index (χ0v) is 23.7. The molecule has 0 fully saturated rings. The number of allylic oxidation sites excluding steroid dienone is 1. The highest BCUT2D eigenvalue weighted by Crippen LogP contribution is 2.38. The van der Waals surface area contributed by atoms with Gasteiger partial charge >= 0.3 is 6.03 Å². The van der Waals surface area contributed by atoms with Crippen LogP contribution in [0, 0.1) is 0 Å². The molecule has 3 amide bonds. The van der Waals surface area contributed by atoms with Crippen LogP contribution in [0.1, 0.15) is 24.1 Å². The van der Waals surface area contributed by atoms with Crippen molar-refractivity contribution in [2.45, 2.75) is 19.5 Å². The summed E-state index contributed by atoms with van der Waals surface area (Å²) >= 11 is 0. The third-order valence-electron chi connectivity index (χ3n) is 6.40. The zero-order valence-electron chi connectivity index (χ0n) is 23.7. The van der Waals surface area contributed by atoms with Gasteiger partial charge in [-0.3, -0.25) is 9.79 Å². The molecular weight excluding hydrogens is 518 g/mol. The maximum absolute atomic E-state index is 14.1. The Labute approximate surface area is 240 Å². The topological polar surface area (TPSA) is 132 Å². The highest BCUT2D eigenvalue weighted by Gasteiger charge is 2.36. The molecule has 1 aliphatic rings. The Morgan fingerprint density at radius 3 is 2.66 bits per heavy atom. The van der Waals surface area contributed by atoms with Crippen molar-refractivity contribution in [2.75, 3.05) is 43.2 Å². The quantitative estimate of drug-likeness (QED) is 0.252. The average molecular weight is 554 g/mol. The average Bonchev–Trinajstić information content (AvgIpc) is 2.96. The molecule has 0 bridgehead atoms. The summed E-state index contributed by atoms with van der Waals surface area (Å²) in [6.45, 7) is 2.96. The fourth-order valence-corrected chi connectivity index (χ4v) is 4.34. The summed E-state index contributed by atoms with van der Waals surface area (Å²) in [4.78, 5) is 45.1. The predicted octanol–water partition coefficient (Wildman–Crippen LogP) is 4.28. The highest BCUT2D eigenvalue weighted by molar-refractivity contribution is 6.03. The number of nitrogens with zero attached hydrogens (tertiary/aromatic N) is 6. The van der Waals surface area contributed by atoms with Crippen LogP contribution in [0.2, 0.25) is 0 Å². The number of carbonyl (C=O) groups is 2. The lowest BCUT2D eigenvalue weighted by Gasteiger charge is -2.39. The fraction of sp³-hybridized carbons (Fsp3) is 0.233.